The lowest BCUT2D eigenvalue weighted by Crippen LogP contribution is -2.38. The molecule has 5 heterocycles. The van der Waals surface area contributed by atoms with Crippen molar-refractivity contribution in [1.82, 2.24) is 26.3 Å². The molecule has 13 nitrogen and oxygen atoms in total. The van der Waals surface area contributed by atoms with Crippen molar-refractivity contribution in [3.63, 3.8) is 0 Å². The number of aromatic amines is 1. The van der Waals surface area contributed by atoms with Crippen LogP contribution < -0.4 is 21.3 Å². The van der Waals surface area contributed by atoms with E-state index >= 15 is 0 Å². The Labute approximate surface area is 328 Å². The molecule has 8 bridgehead atoms. The zero-order valence-electron chi connectivity index (χ0n) is 33.7. The molecule has 0 aromatic carbocycles. The molecule has 56 heavy (non-hydrogen) atoms. The summed E-state index contributed by atoms with van der Waals surface area (Å²) in [6.07, 6.45) is 8.03. The average Bonchev–Trinajstić information content (AvgIpc) is 3.84. The van der Waals surface area contributed by atoms with E-state index in [2.05, 4.69) is 73.0 Å². The number of allylic oxidation sites excluding steroid dienone is 4. The molecule has 13 heteroatoms. The maximum absolute atomic E-state index is 14.3. The van der Waals surface area contributed by atoms with Crippen molar-refractivity contribution < 1.29 is 38.9 Å². The second-order valence-electron chi connectivity index (χ2n) is 15.1. The van der Waals surface area contributed by atoms with Gasteiger partial charge in [-0.05, 0) is 91.7 Å². The van der Waals surface area contributed by atoms with E-state index in [-0.39, 0.29) is 81.1 Å². The number of carbonyl (C=O) groups is 5. The number of esters is 1. The fourth-order valence-corrected chi connectivity index (χ4v) is 8.47. The first kappa shape index (κ1) is 42.0. The van der Waals surface area contributed by atoms with Crippen LogP contribution in [0.1, 0.15) is 109 Å². The van der Waals surface area contributed by atoms with Crippen molar-refractivity contribution >= 4 is 41.6 Å². The number of amides is 1. The van der Waals surface area contributed by atoms with Gasteiger partial charge in [-0.25, -0.2) is 0 Å². The largest absolute Gasteiger partial charge is 0.481 e. The molecule has 0 spiro atoms. The number of aliphatic hydroxyl groups excluding tert-OH is 1. The fraction of sp³-hybridized carbons (Fsp3) is 0.512. The number of aromatic nitrogens is 1. The Kier molecular flexibility index (Phi) is 13.6. The van der Waals surface area contributed by atoms with Crippen LogP contribution in [0.2, 0.25) is 0 Å². The van der Waals surface area contributed by atoms with Gasteiger partial charge in [-0.2, -0.15) is 0 Å². The van der Waals surface area contributed by atoms with Gasteiger partial charge in [0.25, 0.3) is 0 Å². The maximum atomic E-state index is 14.3. The van der Waals surface area contributed by atoms with Crippen molar-refractivity contribution in [2.24, 2.45) is 11.8 Å². The van der Waals surface area contributed by atoms with Crippen molar-refractivity contribution in [3.05, 3.63) is 79.2 Å². The van der Waals surface area contributed by atoms with Crippen molar-refractivity contribution in [1.29, 1.82) is 0 Å². The highest BCUT2D eigenvalue weighted by Gasteiger charge is 2.42. The van der Waals surface area contributed by atoms with Crippen molar-refractivity contribution in [2.75, 3.05) is 20.3 Å². The van der Waals surface area contributed by atoms with Gasteiger partial charge in [0.2, 0.25) is 5.91 Å². The van der Waals surface area contributed by atoms with Crippen LogP contribution in [0.25, 0.3) is 12.2 Å². The summed E-state index contributed by atoms with van der Waals surface area (Å²) < 4.78 is 5.20. The third-order valence-electron chi connectivity index (χ3n) is 11.7. The molecule has 0 saturated carbocycles. The van der Waals surface area contributed by atoms with Crippen LogP contribution in [0.15, 0.2) is 56.7 Å². The highest BCUT2D eigenvalue weighted by molar-refractivity contribution is 5.99. The predicted octanol–water partition coefficient (Wildman–Crippen LogP) is 4.80. The maximum Gasteiger partial charge on any atom is 0.309 e. The summed E-state index contributed by atoms with van der Waals surface area (Å²) in [6.45, 7) is 12.2. The van der Waals surface area contributed by atoms with Crippen LogP contribution in [0.4, 0.5) is 0 Å². The SMILES string of the molecule is CCC1=C(C)C2/C=C3\N/C(=C(/CC(=O)OC)C4N/C(=C\c5[nH]c(c(C)c5CC)C=C1N2)C(C)=C4C(=O)NCCC(=O)CCC(=O)CCO)C(CCC(=O)O)C3C. The molecule has 4 aliphatic rings. The number of Topliss-reactive ketones (excluding diaryl/α,β-unsaturated/α-hetero) is 2. The minimum absolute atomic E-state index is 0.00197. The molecule has 7 N–H and O–H groups in total. The topological polar surface area (TPSA) is 199 Å². The number of fused-ring (bicyclic) bond motifs is 8. The van der Waals surface area contributed by atoms with Gasteiger partial charge in [-0.3, -0.25) is 24.0 Å². The lowest BCUT2D eigenvalue weighted by atomic mass is 9.83. The molecule has 1 fully saturated rings. The van der Waals surface area contributed by atoms with Gasteiger partial charge in [0.1, 0.15) is 11.6 Å². The first-order chi connectivity index (χ1) is 26.7. The first-order valence-corrected chi connectivity index (χ1v) is 19.7. The van der Waals surface area contributed by atoms with E-state index in [1.165, 1.54) is 18.3 Å². The van der Waals surface area contributed by atoms with Crippen LogP contribution >= 0.6 is 0 Å². The molecule has 1 aromatic rings. The molecule has 302 valence electrons. The Balaban J connectivity index is 1.67. The molecule has 4 aliphatic heterocycles. The number of carboxylic acid groups (broad SMARTS) is 1. The molecule has 4 unspecified atom stereocenters. The Morgan fingerprint density at radius 3 is 2.23 bits per heavy atom. The van der Waals surface area contributed by atoms with Gasteiger partial charge in [0.15, 0.2) is 0 Å². The van der Waals surface area contributed by atoms with E-state index in [9.17, 15) is 29.1 Å². The normalized spacial score (nSPS) is 24.7. The first-order valence-electron chi connectivity index (χ1n) is 19.7. The minimum atomic E-state index is -0.931. The highest BCUT2D eigenvalue weighted by atomic mass is 16.5. The second kappa shape index (κ2) is 18.2. The number of carbonyl (C=O) groups excluding carboxylic acids is 4. The molecule has 1 saturated heterocycles. The van der Waals surface area contributed by atoms with Crippen LogP contribution in [-0.2, 0) is 35.1 Å². The standard InChI is InChI=1S/C43H57N5O8/c1-8-28-22(3)32-19-34-24(5)30(12-13-38(52)53)41(47-34)31(18-39(54)56-7)42-40(43(55)44-16-14-26(50)10-11-27(51)15-17-49)25(6)35(48-42)21-37-29(9-2)23(4)33(46-37)20-36(28)45-32/h19-21,24,30,32,42,45-49H,8-18H2,1-7H3,(H,44,55)(H,52,53)/b34-19-,35-21-,36-20?,41-31-. The molecular weight excluding hydrogens is 715 g/mol. The zero-order valence-corrected chi connectivity index (χ0v) is 33.7. The van der Waals surface area contributed by atoms with E-state index < -0.39 is 23.9 Å². The number of carboxylic acids is 1. The zero-order chi connectivity index (χ0) is 40.8. The monoisotopic (exact) mass is 771 g/mol. The number of nitrogens with one attached hydrogen (secondary N) is 5. The van der Waals surface area contributed by atoms with E-state index in [0.717, 1.165) is 46.8 Å². The summed E-state index contributed by atoms with van der Waals surface area (Å²) in [5, 5.41) is 32.7. The van der Waals surface area contributed by atoms with Crippen molar-refractivity contribution in [2.45, 2.75) is 111 Å². The predicted molar refractivity (Wildman–Crippen MR) is 213 cm³/mol. The van der Waals surface area contributed by atoms with E-state index in [1.807, 2.05) is 13.0 Å². The summed E-state index contributed by atoms with van der Waals surface area (Å²) in [7, 11) is 1.31. The number of methoxy groups -OCH3 is 1. The summed E-state index contributed by atoms with van der Waals surface area (Å²) in [5.74, 6) is -2.70. The molecule has 1 amide bonds. The number of ketones is 2. The van der Waals surface area contributed by atoms with Gasteiger partial charge in [-0.15, -0.1) is 0 Å². The van der Waals surface area contributed by atoms with Gasteiger partial charge in [0, 0.05) is 96.8 Å². The second-order valence-corrected chi connectivity index (χ2v) is 15.1. The number of hydrogen-bond donors (Lipinski definition) is 7. The smallest absolute Gasteiger partial charge is 0.309 e. The minimum Gasteiger partial charge on any atom is -0.481 e. The number of ether oxygens (including phenoxy) is 1. The number of H-pyrrole nitrogens is 1. The van der Waals surface area contributed by atoms with Crippen molar-refractivity contribution in [3.8, 4) is 0 Å². The lowest BCUT2D eigenvalue weighted by Gasteiger charge is -2.25. The number of aliphatic hydroxyl groups is 1. The van der Waals surface area contributed by atoms with Crippen LogP contribution in [0, 0.1) is 18.8 Å². The van der Waals surface area contributed by atoms with Gasteiger partial charge in [0.05, 0.1) is 25.6 Å². The number of rotatable bonds is 16. The molecule has 4 atom stereocenters. The van der Waals surface area contributed by atoms with Gasteiger partial charge >= 0.3 is 11.9 Å². The van der Waals surface area contributed by atoms with Crippen LogP contribution in [0.5, 0.6) is 0 Å². The molecule has 1 aromatic heterocycles. The third kappa shape index (κ3) is 8.93. The Bertz CT molecular complexity index is 1980. The van der Waals surface area contributed by atoms with Crippen LogP contribution in [0.3, 0.4) is 0 Å². The molecule has 5 rings (SSSR count). The Morgan fingerprint density at radius 1 is 0.893 bits per heavy atom. The van der Waals surface area contributed by atoms with Gasteiger partial charge in [-0.1, -0.05) is 20.8 Å². The third-order valence-corrected chi connectivity index (χ3v) is 11.7. The quantitative estimate of drug-likeness (QED) is 0.114. The molecule has 0 radical (unpaired) electrons. The summed E-state index contributed by atoms with van der Waals surface area (Å²) in [4.78, 5) is 67.7. The molecule has 0 aliphatic carbocycles. The van der Waals surface area contributed by atoms with E-state index in [1.54, 1.807) is 0 Å². The average molecular weight is 772 g/mol. The van der Waals surface area contributed by atoms with Crippen LogP contribution in [-0.4, -0.2) is 77.0 Å². The summed E-state index contributed by atoms with van der Waals surface area (Å²) >= 11 is 0. The number of hydrogen-bond acceptors (Lipinski definition) is 10. The summed E-state index contributed by atoms with van der Waals surface area (Å²) in [5.41, 5.74) is 11.4. The van der Waals surface area contributed by atoms with E-state index in [4.69, 9.17) is 9.84 Å². The number of aliphatic carboxylic acids is 1. The van der Waals surface area contributed by atoms with Gasteiger partial charge < -0.3 is 41.2 Å². The summed E-state index contributed by atoms with van der Waals surface area (Å²) in [6, 6.07) is -0.931. The lowest BCUT2D eigenvalue weighted by molar-refractivity contribution is -0.140. The Morgan fingerprint density at radius 2 is 1.59 bits per heavy atom. The van der Waals surface area contributed by atoms with E-state index in [0.29, 0.717) is 34.5 Å². The Hall–Kier alpha value is -5.17. The molecular formula is C43H57N5O8. The fourth-order valence-electron chi connectivity index (χ4n) is 8.47. The highest BCUT2D eigenvalue weighted by Crippen LogP contribution is 2.43.